The summed E-state index contributed by atoms with van der Waals surface area (Å²) in [5, 5.41) is 5.40. The van der Waals surface area contributed by atoms with Crippen LogP contribution >= 0.6 is 15.9 Å². The molecule has 0 radical (unpaired) electrons. The number of benzene rings is 1. The molecule has 0 saturated carbocycles. The lowest BCUT2D eigenvalue weighted by atomic mass is 10.1. The summed E-state index contributed by atoms with van der Waals surface area (Å²) in [5.41, 5.74) is 1.54. The minimum Gasteiger partial charge on any atom is -0.472 e. The van der Waals surface area contributed by atoms with Crippen LogP contribution in [0.2, 0.25) is 0 Å². The van der Waals surface area contributed by atoms with E-state index in [4.69, 9.17) is 4.42 Å². The van der Waals surface area contributed by atoms with E-state index in [-0.39, 0.29) is 24.4 Å². The molecule has 0 aliphatic carbocycles. The number of hydrogen-bond acceptors (Lipinski definition) is 3. The standard InChI is InChI=1S/C16H17BrN2O3/c1-11(8-12-2-4-14(17)5-3-12)19-15(20)9-18-16(21)13-6-7-22-10-13/h2-7,10-11H,8-9H2,1H3,(H,18,21)(H,19,20). The van der Waals surface area contributed by atoms with Crippen LogP contribution < -0.4 is 10.6 Å². The highest BCUT2D eigenvalue weighted by molar-refractivity contribution is 9.10. The van der Waals surface area contributed by atoms with Crippen LogP contribution in [-0.2, 0) is 11.2 Å². The molecule has 1 aromatic carbocycles. The van der Waals surface area contributed by atoms with Crippen LogP contribution in [0.15, 0.2) is 51.7 Å². The second kappa shape index (κ2) is 7.79. The molecule has 2 N–H and O–H groups in total. The Balaban J connectivity index is 1.74. The summed E-state index contributed by atoms with van der Waals surface area (Å²) in [7, 11) is 0. The van der Waals surface area contributed by atoms with Gasteiger partial charge in [0, 0.05) is 10.5 Å². The smallest absolute Gasteiger partial charge is 0.254 e. The fourth-order valence-electron chi connectivity index (χ4n) is 2.01. The Morgan fingerprint density at radius 1 is 1.23 bits per heavy atom. The number of nitrogens with one attached hydrogen (secondary N) is 2. The molecule has 2 amide bonds. The third kappa shape index (κ3) is 5.04. The third-order valence-corrected chi connectivity index (χ3v) is 3.58. The first-order chi connectivity index (χ1) is 10.5. The summed E-state index contributed by atoms with van der Waals surface area (Å²) in [4.78, 5) is 23.5. The first-order valence-electron chi connectivity index (χ1n) is 6.89. The van der Waals surface area contributed by atoms with Gasteiger partial charge in [0.2, 0.25) is 5.91 Å². The number of carbonyl (C=O) groups is 2. The van der Waals surface area contributed by atoms with Crippen LogP contribution in [0.4, 0.5) is 0 Å². The Morgan fingerprint density at radius 2 is 1.95 bits per heavy atom. The summed E-state index contributed by atoms with van der Waals surface area (Å²) in [6.07, 6.45) is 3.48. The van der Waals surface area contributed by atoms with Crippen molar-refractivity contribution in [3.63, 3.8) is 0 Å². The molecule has 1 aromatic heterocycles. The fourth-order valence-corrected chi connectivity index (χ4v) is 2.27. The lowest BCUT2D eigenvalue weighted by Gasteiger charge is -2.14. The molecule has 116 valence electrons. The molecule has 0 spiro atoms. The van der Waals surface area contributed by atoms with Gasteiger partial charge in [-0.2, -0.15) is 0 Å². The Bertz CT molecular complexity index is 623. The first-order valence-corrected chi connectivity index (χ1v) is 7.68. The predicted octanol–water partition coefficient (Wildman–Crippen LogP) is 2.52. The molecule has 1 heterocycles. The second-order valence-corrected chi connectivity index (χ2v) is 5.91. The zero-order valence-corrected chi connectivity index (χ0v) is 13.7. The van der Waals surface area contributed by atoms with Gasteiger partial charge in [0.25, 0.3) is 5.91 Å². The minimum absolute atomic E-state index is 0.0143. The van der Waals surface area contributed by atoms with Crippen molar-refractivity contribution in [3.05, 3.63) is 58.5 Å². The van der Waals surface area contributed by atoms with Crippen molar-refractivity contribution < 1.29 is 14.0 Å². The van der Waals surface area contributed by atoms with Crippen LogP contribution in [0.3, 0.4) is 0 Å². The van der Waals surface area contributed by atoms with Gasteiger partial charge in [-0.3, -0.25) is 9.59 Å². The van der Waals surface area contributed by atoms with Crippen molar-refractivity contribution in [2.45, 2.75) is 19.4 Å². The highest BCUT2D eigenvalue weighted by Crippen LogP contribution is 2.11. The number of halogens is 1. The lowest BCUT2D eigenvalue weighted by molar-refractivity contribution is -0.120. The average molecular weight is 365 g/mol. The van der Waals surface area contributed by atoms with Crippen LogP contribution in [-0.4, -0.2) is 24.4 Å². The van der Waals surface area contributed by atoms with Gasteiger partial charge >= 0.3 is 0 Å². The highest BCUT2D eigenvalue weighted by atomic mass is 79.9. The topological polar surface area (TPSA) is 71.3 Å². The molecular formula is C16H17BrN2O3. The molecule has 1 unspecified atom stereocenters. The highest BCUT2D eigenvalue weighted by Gasteiger charge is 2.11. The molecule has 0 bridgehead atoms. The van der Waals surface area contributed by atoms with Crippen molar-refractivity contribution >= 4 is 27.7 Å². The molecule has 0 aliphatic heterocycles. The number of carbonyl (C=O) groups excluding carboxylic acids is 2. The zero-order chi connectivity index (χ0) is 15.9. The predicted molar refractivity (Wildman–Crippen MR) is 86.5 cm³/mol. The van der Waals surface area contributed by atoms with E-state index in [9.17, 15) is 9.59 Å². The molecule has 5 nitrogen and oxygen atoms in total. The molecule has 22 heavy (non-hydrogen) atoms. The number of amides is 2. The van der Waals surface area contributed by atoms with Crippen molar-refractivity contribution in [3.8, 4) is 0 Å². The van der Waals surface area contributed by atoms with E-state index in [2.05, 4.69) is 26.6 Å². The molecular weight excluding hydrogens is 348 g/mol. The van der Waals surface area contributed by atoms with Crippen LogP contribution in [0.5, 0.6) is 0 Å². The number of furan rings is 1. The molecule has 1 atom stereocenters. The van der Waals surface area contributed by atoms with Gasteiger partial charge in [0.05, 0.1) is 18.4 Å². The Labute approximate surface area is 137 Å². The summed E-state index contributed by atoms with van der Waals surface area (Å²) in [6, 6.07) is 9.48. The van der Waals surface area contributed by atoms with Crippen LogP contribution in [0, 0.1) is 0 Å². The van der Waals surface area contributed by atoms with Gasteiger partial charge in [0.15, 0.2) is 0 Å². The molecule has 2 rings (SSSR count). The van der Waals surface area contributed by atoms with Crippen LogP contribution in [0.1, 0.15) is 22.8 Å². The van der Waals surface area contributed by atoms with Crippen molar-refractivity contribution in [1.29, 1.82) is 0 Å². The minimum atomic E-state index is -0.329. The van der Waals surface area contributed by atoms with Gasteiger partial charge in [0.1, 0.15) is 6.26 Å². The van der Waals surface area contributed by atoms with E-state index in [1.54, 1.807) is 6.07 Å². The number of hydrogen-bond donors (Lipinski definition) is 2. The summed E-state index contributed by atoms with van der Waals surface area (Å²) < 4.78 is 5.84. The third-order valence-electron chi connectivity index (χ3n) is 3.06. The van der Waals surface area contributed by atoms with E-state index in [0.717, 1.165) is 16.5 Å². The van der Waals surface area contributed by atoms with Gasteiger partial charge in [-0.1, -0.05) is 28.1 Å². The molecule has 0 aliphatic rings. The quantitative estimate of drug-likeness (QED) is 0.827. The zero-order valence-electron chi connectivity index (χ0n) is 12.1. The van der Waals surface area contributed by atoms with Crippen molar-refractivity contribution in [1.82, 2.24) is 10.6 Å². The van der Waals surface area contributed by atoms with E-state index < -0.39 is 0 Å². The summed E-state index contributed by atoms with van der Waals surface area (Å²) in [5.74, 6) is -0.550. The monoisotopic (exact) mass is 364 g/mol. The van der Waals surface area contributed by atoms with Gasteiger partial charge in [-0.15, -0.1) is 0 Å². The average Bonchev–Trinajstić information content (AvgIpc) is 3.01. The first kappa shape index (κ1) is 16.3. The van der Waals surface area contributed by atoms with E-state index >= 15 is 0 Å². The van der Waals surface area contributed by atoms with E-state index in [0.29, 0.717) is 5.56 Å². The largest absolute Gasteiger partial charge is 0.472 e. The maximum absolute atomic E-state index is 11.8. The van der Waals surface area contributed by atoms with Crippen molar-refractivity contribution in [2.24, 2.45) is 0 Å². The number of rotatable bonds is 6. The summed E-state index contributed by atoms with van der Waals surface area (Å²) in [6.45, 7) is 1.87. The second-order valence-electron chi connectivity index (χ2n) is 4.99. The molecule has 2 aromatic rings. The SMILES string of the molecule is CC(Cc1ccc(Br)cc1)NC(=O)CNC(=O)c1ccoc1. The summed E-state index contributed by atoms with van der Waals surface area (Å²) >= 11 is 3.39. The maximum atomic E-state index is 11.8. The fraction of sp³-hybridized carbons (Fsp3) is 0.250. The normalized spacial score (nSPS) is 11.7. The Kier molecular flexibility index (Phi) is 5.77. The maximum Gasteiger partial charge on any atom is 0.254 e. The molecule has 0 saturated heterocycles. The van der Waals surface area contributed by atoms with Gasteiger partial charge in [-0.25, -0.2) is 0 Å². The molecule has 0 fully saturated rings. The lowest BCUT2D eigenvalue weighted by Crippen LogP contribution is -2.41. The Morgan fingerprint density at radius 3 is 2.59 bits per heavy atom. The molecule has 6 heteroatoms. The van der Waals surface area contributed by atoms with E-state index in [1.165, 1.54) is 12.5 Å². The van der Waals surface area contributed by atoms with Crippen molar-refractivity contribution in [2.75, 3.05) is 6.54 Å². The Hall–Kier alpha value is -2.08. The van der Waals surface area contributed by atoms with Gasteiger partial charge in [-0.05, 0) is 37.1 Å². The van der Waals surface area contributed by atoms with E-state index in [1.807, 2.05) is 31.2 Å². The van der Waals surface area contributed by atoms with Crippen LogP contribution in [0.25, 0.3) is 0 Å². The van der Waals surface area contributed by atoms with Gasteiger partial charge < -0.3 is 15.1 Å².